The first-order valence-electron chi connectivity index (χ1n) is 6.01. The Hall–Kier alpha value is -1.38. The predicted molar refractivity (Wildman–Crippen MR) is 66.5 cm³/mol. The van der Waals surface area contributed by atoms with E-state index in [0.717, 1.165) is 30.5 Å². The van der Waals surface area contributed by atoms with E-state index >= 15 is 0 Å². The summed E-state index contributed by atoms with van der Waals surface area (Å²) in [7, 11) is 0. The minimum Gasteiger partial charge on any atom is -0.498 e. The third-order valence-electron chi connectivity index (χ3n) is 3.13. The highest BCUT2D eigenvalue weighted by atomic mass is 16.5. The molecule has 0 aromatic carbocycles. The number of ketones is 1. The van der Waals surface area contributed by atoms with Gasteiger partial charge in [0, 0.05) is 17.9 Å². The van der Waals surface area contributed by atoms with E-state index in [0.29, 0.717) is 13.0 Å². The van der Waals surface area contributed by atoms with Crippen molar-refractivity contribution in [3.63, 3.8) is 0 Å². The molecule has 0 bridgehead atoms. The average molecular weight is 236 g/mol. The number of hydrogen-bond acceptors (Lipinski definition) is 3. The van der Waals surface area contributed by atoms with Crippen LogP contribution in [0.3, 0.4) is 0 Å². The fraction of sp³-hybridized carbons (Fsp3) is 0.571. The van der Waals surface area contributed by atoms with Crippen LogP contribution in [0.15, 0.2) is 23.5 Å². The van der Waals surface area contributed by atoms with Gasteiger partial charge in [-0.25, -0.2) is 0 Å². The predicted octanol–water partition coefficient (Wildman–Crippen LogP) is 2.81. The van der Waals surface area contributed by atoms with Crippen molar-refractivity contribution in [2.75, 3.05) is 6.61 Å². The SMILES string of the molecule is CCOC1=CC(=O)C(C)(CC/C=C(\C)C=O)C1. The lowest BCUT2D eigenvalue weighted by atomic mass is 9.82. The molecule has 0 saturated heterocycles. The van der Waals surface area contributed by atoms with Crippen molar-refractivity contribution in [1.82, 2.24) is 0 Å². The van der Waals surface area contributed by atoms with Gasteiger partial charge in [-0.1, -0.05) is 13.0 Å². The highest BCUT2D eigenvalue weighted by Gasteiger charge is 2.37. The second kappa shape index (κ2) is 5.80. The summed E-state index contributed by atoms with van der Waals surface area (Å²) in [5, 5.41) is 0. The first-order valence-corrected chi connectivity index (χ1v) is 6.01. The molecule has 94 valence electrons. The van der Waals surface area contributed by atoms with E-state index in [9.17, 15) is 9.59 Å². The van der Waals surface area contributed by atoms with Gasteiger partial charge in [-0.3, -0.25) is 9.59 Å². The number of carbonyl (C=O) groups is 2. The number of aldehydes is 1. The van der Waals surface area contributed by atoms with Crippen LogP contribution in [0.4, 0.5) is 0 Å². The number of hydrogen-bond donors (Lipinski definition) is 0. The van der Waals surface area contributed by atoms with Crippen LogP contribution in [0.2, 0.25) is 0 Å². The van der Waals surface area contributed by atoms with E-state index in [4.69, 9.17) is 4.74 Å². The lowest BCUT2D eigenvalue weighted by Gasteiger charge is -2.21. The summed E-state index contributed by atoms with van der Waals surface area (Å²) in [6.07, 6.45) is 6.50. The first kappa shape index (κ1) is 13.7. The summed E-state index contributed by atoms with van der Waals surface area (Å²) in [6.45, 7) is 6.24. The molecule has 1 rings (SSSR count). The van der Waals surface area contributed by atoms with Gasteiger partial charge < -0.3 is 4.74 Å². The number of carbonyl (C=O) groups excluding carboxylic acids is 2. The molecule has 0 fully saturated rings. The Kier molecular flexibility index (Phi) is 4.67. The van der Waals surface area contributed by atoms with Crippen LogP contribution in [-0.4, -0.2) is 18.7 Å². The molecule has 0 heterocycles. The quantitative estimate of drug-likeness (QED) is 0.526. The topological polar surface area (TPSA) is 43.4 Å². The summed E-state index contributed by atoms with van der Waals surface area (Å²) < 4.78 is 5.39. The number of allylic oxidation sites excluding steroid dienone is 4. The maximum absolute atomic E-state index is 11.9. The Morgan fingerprint density at radius 3 is 2.88 bits per heavy atom. The van der Waals surface area contributed by atoms with Gasteiger partial charge in [-0.15, -0.1) is 0 Å². The molecule has 1 aliphatic rings. The van der Waals surface area contributed by atoms with Gasteiger partial charge in [0.05, 0.1) is 6.61 Å². The fourth-order valence-corrected chi connectivity index (χ4v) is 2.00. The molecule has 0 spiro atoms. The molecule has 0 radical (unpaired) electrons. The van der Waals surface area contributed by atoms with E-state index < -0.39 is 0 Å². The zero-order valence-electron chi connectivity index (χ0n) is 10.8. The van der Waals surface area contributed by atoms with Crippen molar-refractivity contribution >= 4 is 12.1 Å². The van der Waals surface area contributed by atoms with E-state index in [1.165, 1.54) is 0 Å². The van der Waals surface area contributed by atoms with Crippen LogP contribution in [0.5, 0.6) is 0 Å². The Balaban J connectivity index is 2.55. The third-order valence-corrected chi connectivity index (χ3v) is 3.13. The molecular formula is C14H20O3. The molecule has 0 N–H and O–H groups in total. The molecule has 3 heteroatoms. The molecule has 0 amide bonds. The highest BCUT2D eigenvalue weighted by Crippen LogP contribution is 2.38. The van der Waals surface area contributed by atoms with Crippen LogP contribution in [-0.2, 0) is 14.3 Å². The summed E-state index contributed by atoms with van der Waals surface area (Å²) in [4.78, 5) is 22.3. The Morgan fingerprint density at radius 2 is 2.29 bits per heavy atom. The van der Waals surface area contributed by atoms with Gasteiger partial charge in [0.15, 0.2) is 5.78 Å². The first-order chi connectivity index (χ1) is 8.01. The smallest absolute Gasteiger partial charge is 0.165 e. The normalized spacial score (nSPS) is 24.8. The van der Waals surface area contributed by atoms with Crippen molar-refractivity contribution in [3.8, 4) is 0 Å². The van der Waals surface area contributed by atoms with E-state index in [1.54, 1.807) is 13.0 Å². The van der Waals surface area contributed by atoms with Crippen LogP contribution in [0, 0.1) is 5.41 Å². The van der Waals surface area contributed by atoms with E-state index in [-0.39, 0.29) is 11.2 Å². The summed E-state index contributed by atoms with van der Waals surface area (Å²) in [5.74, 6) is 0.925. The van der Waals surface area contributed by atoms with Crippen molar-refractivity contribution < 1.29 is 14.3 Å². The summed E-state index contributed by atoms with van der Waals surface area (Å²) >= 11 is 0. The van der Waals surface area contributed by atoms with Crippen LogP contribution in [0.1, 0.15) is 40.0 Å². The van der Waals surface area contributed by atoms with E-state index in [2.05, 4.69) is 0 Å². The second-order valence-electron chi connectivity index (χ2n) is 4.75. The van der Waals surface area contributed by atoms with Gasteiger partial charge in [-0.05, 0) is 32.3 Å². The second-order valence-corrected chi connectivity index (χ2v) is 4.75. The van der Waals surface area contributed by atoms with Crippen LogP contribution >= 0.6 is 0 Å². The molecule has 0 aromatic heterocycles. The largest absolute Gasteiger partial charge is 0.498 e. The fourth-order valence-electron chi connectivity index (χ4n) is 2.00. The van der Waals surface area contributed by atoms with Crippen molar-refractivity contribution in [3.05, 3.63) is 23.5 Å². The zero-order valence-corrected chi connectivity index (χ0v) is 10.8. The van der Waals surface area contributed by atoms with Gasteiger partial charge >= 0.3 is 0 Å². The molecule has 3 nitrogen and oxygen atoms in total. The zero-order chi connectivity index (χ0) is 12.9. The Morgan fingerprint density at radius 1 is 1.59 bits per heavy atom. The standard InChI is InChI=1S/C14H20O3/c1-4-17-12-8-13(16)14(3,9-12)7-5-6-11(2)10-15/h6,8,10H,4-5,7,9H2,1-3H3/b11-6+. The highest BCUT2D eigenvalue weighted by molar-refractivity contribution is 5.97. The third kappa shape index (κ3) is 3.55. The van der Waals surface area contributed by atoms with Crippen LogP contribution in [0.25, 0.3) is 0 Å². The molecule has 1 aliphatic carbocycles. The van der Waals surface area contributed by atoms with Crippen LogP contribution < -0.4 is 0 Å². The molecule has 1 atom stereocenters. The summed E-state index contributed by atoms with van der Waals surface area (Å²) in [6, 6.07) is 0. The summed E-state index contributed by atoms with van der Waals surface area (Å²) in [5.41, 5.74) is 0.363. The molecule has 1 unspecified atom stereocenters. The molecule has 17 heavy (non-hydrogen) atoms. The lowest BCUT2D eigenvalue weighted by Crippen LogP contribution is -2.22. The molecule has 0 aliphatic heterocycles. The van der Waals surface area contributed by atoms with Gasteiger partial charge in [-0.2, -0.15) is 0 Å². The molecular weight excluding hydrogens is 216 g/mol. The van der Waals surface area contributed by atoms with Crippen molar-refractivity contribution in [1.29, 1.82) is 0 Å². The monoisotopic (exact) mass is 236 g/mol. The van der Waals surface area contributed by atoms with Crippen molar-refractivity contribution in [2.24, 2.45) is 5.41 Å². The van der Waals surface area contributed by atoms with E-state index in [1.807, 2.05) is 19.9 Å². The van der Waals surface area contributed by atoms with Crippen molar-refractivity contribution in [2.45, 2.75) is 40.0 Å². The van der Waals surface area contributed by atoms with Gasteiger partial charge in [0.1, 0.15) is 12.0 Å². The Bertz CT molecular complexity index is 366. The number of rotatable bonds is 6. The lowest BCUT2D eigenvalue weighted by molar-refractivity contribution is -0.122. The van der Waals surface area contributed by atoms with Gasteiger partial charge in [0.25, 0.3) is 0 Å². The Labute approximate surface area is 103 Å². The number of ether oxygens (including phenoxy) is 1. The maximum atomic E-state index is 11.9. The van der Waals surface area contributed by atoms with Gasteiger partial charge in [0.2, 0.25) is 0 Å². The maximum Gasteiger partial charge on any atom is 0.165 e. The minimum absolute atomic E-state index is 0.137. The molecule has 0 saturated carbocycles. The average Bonchev–Trinajstić information content (AvgIpc) is 2.55. The molecule has 0 aromatic rings. The minimum atomic E-state index is -0.357.